The van der Waals surface area contributed by atoms with Gasteiger partial charge in [-0.05, 0) is 52.7 Å². The SMILES string of the molecule is Cc1cc(Br)cn2cc(-c3ccc4c(c3)OCO4)nc12. The molecule has 0 saturated carbocycles. The fourth-order valence-electron chi connectivity index (χ4n) is 2.42. The number of pyridine rings is 1. The van der Waals surface area contributed by atoms with Gasteiger partial charge in [-0.3, -0.25) is 0 Å². The Bertz CT molecular complexity index is 826. The maximum atomic E-state index is 5.41. The van der Waals surface area contributed by atoms with Gasteiger partial charge in [-0.1, -0.05) is 0 Å². The maximum absolute atomic E-state index is 5.41. The number of halogens is 1. The number of aromatic nitrogens is 2. The number of hydrogen-bond donors (Lipinski definition) is 0. The van der Waals surface area contributed by atoms with Gasteiger partial charge in [-0.15, -0.1) is 0 Å². The summed E-state index contributed by atoms with van der Waals surface area (Å²) in [5.74, 6) is 1.56. The first-order chi connectivity index (χ1) is 9.70. The third kappa shape index (κ3) is 1.78. The molecule has 1 aliphatic rings. The molecule has 0 fully saturated rings. The molecule has 5 heteroatoms. The zero-order valence-electron chi connectivity index (χ0n) is 10.8. The van der Waals surface area contributed by atoms with E-state index in [1.165, 1.54) is 0 Å². The Morgan fingerprint density at radius 2 is 2.00 bits per heavy atom. The Kier molecular flexibility index (Phi) is 2.50. The molecule has 0 amide bonds. The second-order valence-corrected chi connectivity index (χ2v) is 5.68. The molecule has 2 aromatic heterocycles. The molecule has 3 heterocycles. The molecule has 0 N–H and O–H groups in total. The Morgan fingerprint density at radius 1 is 1.15 bits per heavy atom. The summed E-state index contributed by atoms with van der Waals surface area (Å²) < 4.78 is 13.8. The van der Waals surface area contributed by atoms with Crippen LogP contribution in [0.5, 0.6) is 11.5 Å². The van der Waals surface area contributed by atoms with Crippen molar-refractivity contribution in [1.29, 1.82) is 0 Å². The Hall–Kier alpha value is -2.01. The standard InChI is InChI=1S/C15H11BrN2O2/c1-9-4-11(16)6-18-7-12(17-15(9)18)10-2-3-13-14(5-10)20-8-19-13/h2-7H,8H2,1H3. The molecule has 20 heavy (non-hydrogen) atoms. The molecule has 0 unspecified atom stereocenters. The van der Waals surface area contributed by atoms with Crippen LogP contribution in [-0.2, 0) is 0 Å². The van der Waals surface area contributed by atoms with Crippen molar-refractivity contribution in [3.63, 3.8) is 0 Å². The summed E-state index contributed by atoms with van der Waals surface area (Å²) in [6.45, 7) is 2.34. The fourth-order valence-corrected chi connectivity index (χ4v) is 2.98. The van der Waals surface area contributed by atoms with E-state index in [1.54, 1.807) is 0 Å². The molecule has 4 rings (SSSR count). The summed E-state index contributed by atoms with van der Waals surface area (Å²) in [7, 11) is 0. The number of ether oxygens (including phenoxy) is 2. The molecule has 0 spiro atoms. The molecule has 3 aromatic rings. The number of fused-ring (bicyclic) bond motifs is 2. The molecule has 0 aliphatic carbocycles. The first kappa shape index (κ1) is 11.8. The van der Waals surface area contributed by atoms with Crippen molar-refractivity contribution in [3.8, 4) is 22.8 Å². The van der Waals surface area contributed by atoms with E-state index in [-0.39, 0.29) is 6.79 Å². The summed E-state index contributed by atoms with van der Waals surface area (Å²) in [6, 6.07) is 7.95. The van der Waals surface area contributed by atoms with E-state index in [9.17, 15) is 0 Å². The minimum absolute atomic E-state index is 0.288. The topological polar surface area (TPSA) is 35.8 Å². The van der Waals surface area contributed by atoms with Crippen LogP contribution < -0.4 is 9.47 Å². The summed E-state index contributed by atoms with van der Waals surface area (Å²) in [5, 5.41) is 0. The second-order valence-electron chi connectivity index (χ2n) is 4.77. The summed E-state index contributed by atoms with van der Waals surface area (Å²) >= 11 is 3.50. The van der Waals surface area contributed by atoms with Crippen LogP contribution in [0.1, 0.15) is 5.56 Å². The van der Waals surface area contributed by atoms with E-state index in [4.69, 9.17) is 14.5 Å². The van der Waals surface area contributed by atoms with Crippen LogP contribution >= 0.6 is 15.9 Å². The van der Waals surface area contributed by atoms with E-state index in [0.29, 0.717) is 0 Å². The first-order valence-corrected chi connectivity index (χ1v) is 7.05. The largest absolute Gasteiger partial charge is 0.454 e. The molecule has 0 bridgehead atoms. The van der Waals surface area contributed by atoms with Crippen LogP contribution in [0.3, 0.4) is 0 Å². The lowest BCUT2D eigenvalue weighted by Crippen LogP contribution is -1.92. The number of nitrogens with zero attached hydrogens (tertiary/aromatic N) is 2. The first-order valence-electron chi connectivity index (χ1n) is 6.25. The molecule has 0 atom stereocenters. The third-order valence-corrected chi connectivity index (χ3v) is 3.80. The van der Waals surface area contributed by atoms with Gasteiger partial charge < -0.3 is 13.9 Å². The highest BCUT2D eigenvalue weighted by Crippen LogP contribution is 2.35. The number of benzene rings is 1. The van der Waals surface area contributed by atoms with E-state index < -0.39 is 0 Å². The van der Waals surface area contributed by atoms with Crippen molar-refractivity contribution < 1.29 is 9.47 Å². The van der Waals surface area contributed by atoms with Gasteiger partial charge in [-0.2, -0.15) is 0 Å². The summed E-state index contributed by atoms with van der Waals surface area (Å²) in [5.41, 5.74) is 4.03. The van der Waals surface area contributed by atoms with Gasteiger partial charge in [0.1, 0.15) is 5.65 Å². The van der Waals surface area contributed by atoms with Crippen LogP contribution in [0.4, 0.5) is 0 Å². The van der Waals surface area contributed by atoms with E-state index >= 15 is 0 Å². The Balaban J connectivity index is 1.88. The zero-order chi connectivity index (χ0) is 13.7. The van der Waals surface area contributed by atoms with Gasteiger partial charge in [0.2, 0.25) is 6.79 Å². The molecule has 100 valence electrons. The lowest BCUT2D eigenvalue weighted by molar-refractivity contribution is 0.174. The van der Waals surface area contributed by atoms with E-state index in [2.05, 4.69) is 28.9 Å². The van der Waals surface area contributed by atoms with Crippen molar-refractivity contribution >= 4 is 21.6 Å². The van der Waals surface area contributed by atoms with Gasteiger partial charge >= 0.3 is 0 Å². The highest BCUT2D eigenvalue weighted by molar-refractivity contribution is 9.10. The number of aryl methyl sites for hydroxylation is 1. The monoisotopic (exact) mass is 330 g/mol. The normalized spacial score (nSPS) is 13.1. The van der Waals surface area contributed by atoms with Crippen LogP contribution in [-0.4, -0.2) is 16.2 Å². The van der Waals surface area contributed by atoms with E-state index in [1.807, 2.05) is 35.0 Å². The highest BCUT2D eigenvalue weighted by Gasteiger charge is 2.15. The second kappa shape index (κ2) is 4.24. The molecule has 0 saturated heterocycles. The minimum Gasteiger partial charge on any atom is -0.454 e. The number of hydrogen-bond acceptors (Lipinski definition) is 3. The Labute approximate surface area is 124 Å². The molecule has 1 aliphatic heterocycles. The zero-order valence-corrected chi connectivity index (χ0v) is 12.3. The highest BCUT2D eigenvalue weighted by atomic mass is 79.9. The van der Waals surface area contributed by atoms with Gasteiger partial charge in [0.25, 0.3) is 0 Å². The lowest BCUT2D eigenvalue weighted by atomic mass is 10.1. The van der Waals surface area contributed by atoms with Crippen molar-refractivity contribution in [2.24, 2.45) is 0 Å². The molecule has 4 nitrogen and oxygen atoms in total. The van der Waals surface area contributed by atoms with Crippen molar-refractivity contribution in [1.82, 2.24) is 9.38 Å². The Morgan fingerprint density at radius 3 is 2.90 bits per heavy atom. The van der Waals surface area contributed by atoms with Gasteiger partial charge in [0, 0.05) is 22.4 Å². The summed E-state index contributed by atoms with van der Waals surface area (Å²) in [6.07, 6.45) is 4.02. The average molecular weight is 331 g/mol. The fraction of sp³-hybridized carbons (Fsp3) is 0.133. The van der Waals surface area contributed by atoms with E-state index in [0.717, 1.165) is 38.4 Å². The third-order valence-electron chi connectivity index (χ3n) is 3.37. The van der Waals surface area contributed by atoms with Crippen LogP contribution in [0.2, 0.25) is 0 Å². The van der Waals surface area contributed by atoms with Crippen LogP contribution in [0.15, 0.2) is 41.1 Å². The molecular formula is C15H11BrN2O2. The number of rotatable bonds is 1. The van der Waals surface area contributed by atoms with Crippen molar-refractivity contribution in [2.75, 3.05) is 6.79 Å². The summed E-state index contributed by atoms with van der Waals surface area (Å²) in [4.78, 5) is 4.69. The van der Waals surface area contributed by atoms with Gasteiger partial charge in [-0.25, -0.2) is 4.98 Å². The van der Waals surface area contributed by atoms with Gasteiger partial charge in [0.15, 0.2) is 11.5 Å². The minimum atomic E-state index is 0.288. The molecule has 1 aromatic carbocycles. The maximum Gasteiger partial charge on any atom is 0.231 e. The van der Waals surface area contributed by atoms with Crippen molar-refractivity contribution in [3.05, 3.63) is 46.7 Å². The predicted molar refractivity (Wildman–Crippen MR) is 79.2 cm³/mol. The van der Waals surface area contributed by atoms with Crippen LogP contribution in [0.25, 0.3) is 16.9 Å². The molecule has 0 radical (unpaired) electrons. The quantitative estimate of drug-likeness (QED) is 0.680. The average Bonchev–Trinajstić information content (AvgIpc) is 3.03. The van der Waals surface area contributed by atoms with Crippen molar-refractivity contribution in [2.45, 2.75) is 6.92 Å². The predicted octanol–water partition coefficient (Wildman–Crippen LogP) is 3.80. The lowest BCUT2D eigenvalue weighted by Gasteiger charge is -1.98. The number of imidazole rings is 1. The van der Waals surface area contributed by atoms with Gasteiger partial charge in [0.05, 0.1) is 5.69 Å². The smallest absolute Gasteiger partial charge is 0.231 e. The van der Waals surface area contributed by atoms with Crippen LogP contribution in [0, 0.1) is 6.92 Å². The molecular weight excluding hydrogens is 320 g/mol.